The van der Waals surface area contributed by atoms with Gasteiger partial charge in [0.15, 0.2) is 12.4 Å². The molecule has 1 heteroatoms. The minimum atomic E-state index is 1.20. The first-order valence-electron chi connectivity index (χ1n) is 12.8. The largest absolute Gasteiger partial charge is 0.205 e. The van der Waals surface area contributed by atoms with E-state index in [9.17, 15) is 0 Å². The summed E-state index contributed by atoms with van der Waals surface area (Å²) < 4.78 is 2.47. The van der Waals surface area contributed by atoms with Crippen molar-refractivity contribution in [2.45, 2.75) is 143 Å². The molecule has 1 aromatic heterocycles. The fraction of sp³-hybridized carbons (Fsp3) is 0.815. The molecule has 0 radical (unpaired) electrons. The molecule has 1 rings (SSSR count). The number of nitrogens with zero attached hydrogens (tertiary/aromatic N) is 1. The minimum absolute atomic E-state index is 1.20. The quantitative estimate of drug-likeness (QED) is 0.165. The Balaban J connectivity index is 2.50. The summed E-state index contributed by atoms with van der Waals surface area (Å²) in [7, 11) is 0. The number of hydrogen-bond donors (Lipinski definition) is 0. The summed E-state index contributed by atoms with van der Waals surface area (Å²) in [4.78, 5) is 0. The van der Waals surface area contributed by atoms with Gasteiger partial charge in [0.25, 0.3) is 0 Å². The van der Waals surface area contributed by atoms with Crippen molar-refractivity contribution in [3.8, 4) is 0 Å². The summed E-state index contributed by atoms with van der Waals surface area (Å²) in [6.07, 6.45) is 29.5. The molecule has 0 aliphatic rings. The van der Waals surface area contributed by atoms with Crippen molar-refractivity contribution in [1.82, 2.24) is 0 Å². The molecule has 0 bridgehead atoms. The van der Waals surface area contributed by atoms with E-state index in [1.54, 1.807) is 11.1 Å². The molecule has 1 heterocycles. The molecule has 0 fully saturated rings. The van der Waals surface area contributed by atoms with Crippen LogP contribution < -0.4 is 4.57 Å². The third-order valence-electron chi connectivity index (χ3n) is 6.07. The topological polar surface area (TPSA) is 3.88 Å². The van der Waals surface area contributed by atoms with Gasteiger partial charge in [-0.1, -0.05) is 97.8 Å². The molecule has 162 valence electrons. The fourth-order valence-electron chi connectivity index (χ4n) is 4.14. The lowest BCUT2D eigenvalue weighted by Crippen LogP contribution is -2.34. The Kier molecular flexibility index (Phi) is 16.4. The Morgan fingerprint density at radius 2 is 1.00 bits per heavy atom. The van der Waals surface area contributed by atoms with Crippen LogP contribution in [0.2, 0.25) is 0 Å². The van der Waals surface area contributed by atoms with Gasteiger partial charge in [-0.25, -0.2) is 4.57 Å². The van der Waals surface area contributed by atoms with E-state index >= 15 is 0 Å². The van der Waals surface area contributed by atoms with Crippen LogP contribution in [0.5, 0.6) is 0 Å². The van der Waals surface area contributed by atoms with E-state index in [-0.39, 0.29) is 0 Å². The highest BCUT2D eigenvalue weighted by Crippen LogP contribution is 2.16. The van der Waals surface area contributed by atoms with Crippen LogP contribution in [-0.4, -0.2) is 0 Å². The predicted molar refractivity (Wildman–Crippen MR) is 125 cm³/mol. The molecule has 28 heavy (non-hydrogen) atoms. The Morgan fingerprint density at radius 3 is 1.57 bits per heavy atom. The maximum absolute atomic E-state index is 2.49. The molecule has 0 aliphatic heterocycles. The number of aromatic nitrogens is 1. The van der Waals surface area contributed by atoms with Gasteiger partial charge in [0.1, 0.15) is 6.54 Å². The molecule has 0 saturated heterocycles. The van der Waals surface area contributed by atoms with Crippen LogP contribution in [0.15, 0.2) is 18.5 Å². The number of rotatable bonds is 19. The molecule has 1 aromatic rings. The fourth-order valence-corrected chi connectivity index (χ4v) is 4.14. The van der Waals surface area contributed by atoms with Gasteiger partial charge in [-0.3, -0.25) is 0 Å². The van der Waals surface area contributed by atoms with E-state index in [2.05, 4.69) is 43.8 Å². The van der Waals surface area contributed by atoms with Gasteiger partial charge in [0.05, 0.1) is 0 Å². The average molecular weight is 389 g/mol. The molecule has 0 unspecified atom stereocenters. The summed E-state index contributed by atoms with van der Waals surface area (Å²) >= 11 is 0. The maximum Gasteiger partial charge on any atom is 0.172 e. The van der Waals surface area contributed by atoms with Crippen LogP contribution in [0.4, 0.5) is 0 Å². The molecule has 0 saturated carbocycles. The summed E-state index contributed by atoms with van der Waals surface area (Å²) in [5, 5.41) is 0. The van der Waals surface area contributed by atoms with Crippen LogP contribution >= 0.6 is 0 Å². The first-order chi connectivity index (χ1) is 13.8. The first kappa shape index (κ1) is 25.2. The SMILES string of the molecule is CCCCCCCC[n+]1ccc(CCCCCCC)c(CCCCCCC)c1. The summed E-state index contributed by atoms with van der Waals surface area (Å²) in [6, 6.07) is 2.44. The van der Waals surface area contributed by atoms with E-state index in [4.69, 9.17) is 0 Å². The number of pyridine rings is 1. The number of hydrogen-bond acceptors (Lipinski definition) is 0. The lowest BCUT2D eigenvalue weighted by atomic mass is 9.98. The average Bonchev–Trinajstić information content (AvgIpc) is 2.71. The molecule has 0 atom stereocenters. The zero-order valence-corrected chi connectivity index (χ0v) is 19.6. The maximum atomic E-state index is 2.49. The van der Waals surface area contributed by atoms with E-state index in [1.165, 1.54) is 122 Å². The van der Waals surface area contributed by atoms with Crippen molar-refractivity contribution in [1.29, 1.82) is 0 Å². The molecule has 0 amide bonds. The molecular weight excluding hydrogens is 338 g/mol. The zero-order chi connectivity index (χ0) is 20.3. The van der Waals surface area contributed by atoms with Crippen LogP contribution in [0, 0.1) is 0 Å². The smallest absolute Gasteiger partial charge is 0.172 e. The van der Waals surface area contributed by atoms with Crippen LogP contribution in [-0.2, 0) is 19.4 Å². The Hall–Kier alpha value is -0.850. The van der Waals surface area contributed by atoms with Crippen molar-refractivity contribution >= 4 is 0 Å². The van der Waals surface area contributed by atoms with E-state index < -0.39 is 0 Å². The van der Waals surface area contributed by atoms with Crippen molar-refractivity contribution in [3.05, 3.63) is 29.6 Å². The Morgan fingerprint density at radius 1 is 0.536 bits per heavy atom. The standard InChI is InChI=1S/C27H50N/c1-4-7-10-13-16-19-23-28-24-22-26(20-17-14-11-8-5-2)27(25-28)21-18-15-12-9-6-3/h22,24-25H,4-21,23H2,1-3H3/q+1. The second kappa shape index (κ2) is 18.2. The van der Waals surface area contributed by atoms with E-state index in [0.717, 1.165) is 0 Å². The highest BCUT2D eigenvalue weighted by molar-refractivity contribution is 5.21. The van der Waals surface area contributed by atoms with Crippen LogP contribution in [0.25, 0.3) is 0 Å². The summed E-state index contributed by atoms with van der Waals surface area (Å²) in [5.74, 6) is 0. The zero-order valence-electron chi connectivity index (χ0n) is 19.6. The van der Waals surface area contributed by atoms with Crippen molar-refractivity contribution in [3.63, 3.8) is 0 Å². The lowest BCUT2D eigenvalue weighted by Gasteiger charge is -2.09. The second-order valence-corrected chi connectivity index (χ2v) is 8.83. The monoisotopic (exact) mass is 388 g/mol. The van der Waals surface area contributed by atoms with Crippen molar-refractivity contribution in [2.24, 2.45) is 0 Å². The van der Waals surface area contributed by atoms with Gasteiger partial charge >= 0.3 is 0 Å². The molecular formula is C27H50N+. The lowest BCUT2D eigenvalue weighted by molar-refractivity contribution is -0.697. The minimum Gasteiger partial charge on any atom is -0.205 e. The van der Waals surface area contributed by atoms with E-state index in [0.29, 0.717) is 0 Å². The van der Waals surface area contributed by atoms with Crippen molar-refractivity contribution < 1.29 is 4.57 Å². The van der Waals surface area contributed by atoms with Crippen LogP contribution in [0.3, 0.4) is 0 Å². The third kappa shape index (κ3) is 12.6. The number of aryl methyl sites for hydroxylation is 3. The molecule has 0 N–H and O–H groups in total. The normalized spacial score (nSPS) is 11.2. The van der Waals surface area contributed by atoms with Gasteiger partial charge in [-0.2, -0.15) is 0 Å². The second-order valence-electron chi connectivity index (χ2n) is 8.83. The van der Waals surface area contributed by atoms with E-state index in [1.807, 2.05) is 0 Å². The van der Waals surface area contributed by atoms with Gasteiger partial charge in [0, 0.05) is 18.1 Å². The number of unbranched alkanes of at least 4 members (excludes halogenated alkanes) is 13. The van der Waals surface area contributed by atoms with Gasteiger partial charge in [-0.05, 0) is 37.7 Å². The molecule has 0 aromatic carbocycles. The summed E-state index contributed by atoms with van der Waals surface area (Å²) in [6.45, 7) is 8.10. The Labute approximate surface area is 177 Å². The van der Waals surface area contributed by atoms with Crippen molar-refractivity contribution in [2.75, 3.05) is 0 Å². The molecule has 1 nitrogen and oxygen atoms in total. The Bertz CT molecular complexity index is 465. The highest BCUT2D eigenvalue weighted by Gasteiger charge is 2.10. The molecule has 0 spiro atoms. The highest BCUT2D eigenvalue weighted by atomic mass is 14.9. The predicted octanol–water partition coefficient (Wildman–Crippen LogP) is 8.36. The van der Waals surface area contributed by atoms with Gasteiger partial charge in [0.2, 0.25) is 0 Å². The van der Waals surface area contributed by atoms with Gasteiger partial charge in [-0.15, -0.1) is 0 Å². The third-order valence-corrected chi connectivity index (χ3v) is 6.07. The van der Waals surface area contributed by atoms with Gasteiger partial charge < -0.3 is 0 Å². The summed E-state index contributed by atoms with van der Waals surface area (Å²) in [5.41, 5.74) is 3.27. The molecule has 0 aliphatic carbocycles. The van der Waals surface area contributed by atoms with Crippen LogP contribution in [0.1, 0.15) is 135 Å². The first-order valence-corrected chi connectivity index (χ1v) is 12.8.